The summed E-state index contributed by atoms with van der Waals surface area (Å²) in [6, 6.07) is 0. The highest BCUT2D eigenvalue weighted by Crippen LogP contribution is 2.22. The van der Waals surface area contributed by atoms with E-state index in [0.29, 0.717) is 18.9 Å². The zero-order valence-corrected chi connectivity index (χ0v) is 8.35. The number of hydrogen-bond acceptors (Lipinski definition) is 2. The average Bonchev–Trinajstić information content (AvgIpc) is 2.75. The fraction of sp³-hybridized carbons (Fsp3) is 0.727. The molecule has 0 saturated carbocycles. The van der Waals surface area contributed by atoms with E-state index < -0.39 is 0 Å². The molecule has 2 atom stereocenters. The highest BCUT2D eigenvalue weighted by Gasteiger charge is 2.26. The van der Waals surface area contributed by atoms with Crippen molar-refractivity contribution in [2.45, 2.75) is 31.8 Å². The van der Waals surface area contributed by atoms with Gasteiger partial charge in [0.2, 0.25) is 5.91 Å². The van der Waals surface area contributed by atoms with Crippen LogP contribution in [0.4, 0.5) is 0 Å². The Morgan fingerprint density at radius 1 is 1.50 bits per heavy atom. The number of aliphatic hydroxyl groups is 1. The van der Waals surface area contributed by atoms with Gasteiger partial charge in [-0.25, -0.2) is 0 Å². The van der Waals surface area contributed by atoms with Gasteiger partial charge in [-0.05, 0) is 25.2 Å². The molecule has 3 nitrogen and oxygen atoms in total. The lowest BCUT2D eigenvalue weighted by Gasteiger charge is -2.17. The van der Waals surface area contributed by atoms with E-state index in [2.05, 4.69) is 12.2 Å². The van der Waals surface area contributed by atoms with Crippen molar-refractivity contribution in [2.24, 2.45) is 5.92 Å². The molecule has 1 aliphatic heterocycles. The van der Waals surface area contributed by atoms with Crippen LogP contribution >= 0.6 is 0 Å². The van der Waals surface area contributed by atoms with E-state index in [-0.39, 0.29) is 12.0 Å². The number of amides is 1. The van der Waals surface area contributed by atoms with Crippen LogP contribution in [0.5, 0.6) is 0 Å². The summed E-state index contributed by atoms with van der Waals surface area (Å²) >= 11 is 0. The van der Waals surface area contributed by atoms with Crippen LogP contribution in [-0.4, -0.2) is 35.1 Å². The van der Waals surface area contributed by atoms with Crippen LogP contribution in [0.15, 0.2) is 12.2 Å². The molecule has 0 aromatic carbocycles. The number of likely N-dealkylation sites (tertiary alicyclic amines) is 1. The maximum Gasteiger partial charge on any atom is 0.223 e. The number of rotatable bonds is 2. The molecule has 1 saturated heterocycles. The Hall–Kier alpha value is -0.830. The van der Waals surface area contributed by atoms with Crippen LogP contribution < -0.4 is 0 Å². The van der Waals surface area contributed by atoms with E-state index in [9.17, 15) is 9.90 Å². The van der Waals surface area contributed by atoms with Crippen LogP contribution in [0, 0.1) is 5.92 Å². The van der Waals surface area contributed by atoms with E-state index in [4.69, 9.17) is 0 Å². The molecule has 78 valence electrons. The van der Waals surface area contributed by atoms with Gasteiger partial charge in [-0.3, -0.25) is 4.79 Å². The number of β-amino-alcohol motifs (C(OH)–C–C–N with tert-alkyl or cyclic N) is 1. The number of carbonyl (C=O) groups is 1. The van der Waals surface area contributed by atoms with Crippen molar-refractivity contribution in [1.82, 2.24) is 4.90 Å². The topological polar surface area (TPSA) is 40.5 Å². The van der Waals surface area contributed by atoms with Gasteiger partial charge < -0.3 is 10.0 Å². The van der Waals surface area contributed by atoms with Crippen LogP contribution in [0.25, 0.3) is 0 Å². The van der Waals surface area contributed by atoms with E-state index in [1.807, 2.05) is 0 Å². The number of carbonyl (C=O) groups excluding carboxylic acids is 1. The summed E-state index contributed by atoms with van der Waals surface area (Å²) in [5.41, 5.74) is 0. The van der Waals surface area contributed by atoms with Gasteiger partial charge in [0.1, 0.15) is 0 Å². The maximum atomic E-state index is 11.7. The van der Waals surface area contributed by atoms with Gasteiger partial charge in [0.05, 0.1) is 6.10 Å². The van der Waals surface area contributed by atoms with Crippen LogP contribution in [0.2, 0.25) is 0 Å². The van der Waals surface area contributed by atoms with E-state index in [1.165, 1.54) is 0 Å². The predicted octanol–water partition coefficient (Wildman–Crippen LogP) is 0.936. The van der Waals surface area contributed by atoms with Gasteiger partial charge in [0, 0.05) is 19.5 Å². The first-order chi connectivity index (χ1) is 6.75. The first-order valence-corrected chi connectivity index (χ1v) is 5.38. The molecular formula is C11H17NO2. The lowest BCUT2D eigenvalue weighted by atomic mass is 10.0. The van der Waals surface area contributed by atoms with Crippen molar-refractivity contribution in [3.63, 3.8) is 0 Å². The second-order valence-corrected chi connectivity index (χ2v) is 4.25. The molecule has 1 unspecified atom stereocenters. The van der Waals surface area contributed by atoms with Gasteiger partial charge in [0.25, 0.3) is 0 Å². The molecule has 0 radical (unpaired) electrons. The van der Waals surface area contributed by atoms with Gasteiger partial charge in [-0.2, -0.15) is 0 Å². The second-order valence-electron chi connectivity index (χ2n) is 4.25. The fourth-order valence-electron chi connectivity index (χ4n) is 2.19. The molecule has 0 aromatic rings. The molecule has 0 bridgehead atoms. The summed E-state index contributed by atoms with van der Waals surface area (Å²) in [4.78, 5) is 13.5. The molecule has 2 aliphatic rings. The monoisotopic (exact) mass is 195 g/mol. The SMILES string of the molecule is O=C(CC1C=CCC1)N1CC[C@@H](O)C1. The summed E-state index contributed by atoms with van der Waals surface area (Å²) in [5, 5.41) is 9.30. The van der Waals surface area contributed by atoms with Crippen molar-refractivity contribution in [3.05, 3.63) is 12.2 Å². The second kappa shape index (κ2) is 4.13. The molecule has 1 fully saturated rings. The maximum absolute atomic E-state index is 11.7. The molecule has 3 heteroatoms. The standard InChI is InChI=1S/C11H17NO2/c13-10-5-6-12(8-10)11(14)7-9-3-1-2-4-9/h1,3,9-10,13H,2,4-8H2/t9?,10-/m1/s1. The van der Waals surface area contributed by atoms with Crippen molar-refractivity contribution in [3.8, 4) is 0 Å². The summed E-state index contributed by atoms with van der Waals surface area (Å²) in [6.45, 7) is 1.27. The molecule has 1 aliphatic carbocycles. The van der Waals surface area contributed by atoms with E-state index >= 15 is 0 Å². The minimum Gasteiger partial charge on any atom is -0.391 e. The third kappa shape index (κ3) is 2.15. The third-order valence-electron chi connectivity index (χ3n) is 3.07. The van der Waals surface area contributed by atoms with E-state index in [1.54, 1.807) is 4.90 Å². The third-order valence-corrected chi connectivity index (χ3v) is 3.07. The molecule has 0 spiro atoms. The Morgan fingerprint density at radius 3 is 2.93 bits per heavy atom. The normalized spacial score (nSPS) is 31.4. The minimum atomic E-state index is -0.293. The van der Waals surface area contributed by atoms with E-state index in [0.717, 1.165) is 25.8 Å². The molecule has 1 heterocycles. The summed E-state index contributed by atoms with van der Waals surface area (Å²) in [7, 11) is 0. The lowest BCUT2D eigenvalue weighted by Crippen LogP contribution is -2.30. The number of nitrogens with zero attached hydrogens (tertiary/aromatic N) is 1. The largest absolute Gasteiger partial charge is 0.391 e. The van der Waals surface area contributed by atoms with Gasteiger partial charge in [-0.15, -0.1) is 0 Å². The number of hydrogen-bond donors (Lipinski definition) is 1. The Morgan fingerprint density at radius 2 is 2.36 bits per heavy atom. The number of aliphatic hydroxyl groups excluding tert-OH is 1. The van der Waals surface area contributed by atoms with Gasteiger partial charge in [0.15, 0.2) is 0 Å². The van der Waals surface area contributed by atoms with Crippen molar-refractivity contribution < 1.29 is 9.90 Å². The molecule has 2 rings (SSSR count). The van der Waals surface area contributed by atoms with Crippen LogP contribution in [-0.2, 0) is 4.79 Å². The smallest absolute Gasteiger partial charge is 0.223 e. The summed E-state index contributed by atoms with van der Waals surface area (Å²) < 4.78 is 0. The zero-order valence-electron chi connectivity index (χ0n) is 8.35. The zero-order chi connectivity index (χ0) is 9.97. The summed E-state index contributed by atoms with van der Waals surface area (Å²) in [6.07, 6.45) is 7.59. The van der Waals surface area contributed by atoms with Gasteiger partial charge in [-0.1, -0.05) is 12.2 Å². The van der Waals surface area contributed by atoms with Gasteiger partial charge >= 0.3 is 0 Å². The Balaban J connectivity index is 1.80. The first-order valence-electron chi connectivity index (χ1n) is 5.38. The Kier molecular flexibility index (Phi) is 2.87. The predicted molar refractivity (Wildman–Crippen MR) is 53.7 cm³/mol. The minimum absolute atomic E-state index is 0.207. The fourth-order valence-corrected chi connectivity index (χ4v) is 2.19. The van der Waals surface area contributed by atoms with Crippen LogP contribution in [0.1, 0.15) is 25.7 Å². The molecule has 0 aromatic heterocycles. The molecule has 14 heavy (non-hydrogen) atoms. The first kappa shape index (κ1) is 9.71. The summed E-state index contributed by atoms with van der Waals surface area (Å²) in [5.74, 6) is 0.651. The lowest BCUT2D eigenvalue weighted by molar-refractivity contribution is -0.131. The molecule has 1 amide bonds. The van der Waals surface area contributed by atoms with Crippen molar-refractivity contribution in [1.29, 1.82) is 0 Å². The Bertz CT molecular complexity index is 250. The molecule has 1 N–H and O–H groups in total. The van der Waals surface area contributed by atoms with Crippen molar-refractivity contribution in [2.75, 3.05) is 13.1 Å². The quantitative estimate of drug-likeness (QED) is 0.666. The van der Waals surface area contributed by atoms with Crippen molar-refractivity contribution >= 4 is 5.91 Å². The van der Waals surface area contributed by atoms with Crippen LogP contribution in [0.3, 0.4) is 0 Å². The average molecular weight is 195 g/mol. The highest BCUT2D eigenvalue weighted by atomic mass is 16.3. The molecular weight excluding hydrogens is 178 g/mol. The number of allylic oxidation sites excluding steroid dienone is 2. The Labute approximate surface area is 84.4 Å². The highest BCUT2D eigenvalue weighted by molar-refractivity contribution is 5.77.